The fourth-order valence-electron chi connectivity index (χ4n) is 3.35. The highest BCUT2D eigenvalue weighted by molar-refractivity contribution is 5.86. The van der Waals surface area contributed by atoms with Gasteiger partial charge >= 0.3 is 6.09 Å². The molecule has 2 rings (SSSR count). The summed E-state index contributed by atoms with van der Waals surface area (Å²) in [6.07, 6.45) is 3.24. The Kier molecular flexibility index (Phi) is 6.49. The predicted molar refractivity (Wildman–Crippen MR) is 91.8 cm³/mol. The van der Waals surface area contributed by atoms with Crippen molar-refractivity contribution in [2.75, 3.05) is 32.8 Å². The van der Waals surface area contributed by atoms with E-state index < -0.39 is 11.6 Å². The van der Waals surface area contributed by atoms with E-state index in [-0.39, 0.29) is 12.0 Å². The first-order valence-electron chi connectivity index (χ1n) is 9.18. The van der Waals surface area contributed by atoms with E-state index in [2.05, 4.69) is 0 Å². The number of carbonyl (C=O) groups excluding carboxylic acids is 2. The number of piperidine rings is 1. The maximum Gasteiger partial charge on any atom is 0.410 e. The van der Waals surface area contributed by atoms with Crippen LogP contribution in [0.15, 0.2) is 0 Å². The normalized spacial score (nSPS) is 24.8. The molecule has 6 nitrogen and oxygen atoms in total. The minimum absolute atomic E-state index is 0.0509. The standard InChI is InChI=1S/C18H32N2O4/c1-5-19(12-14-9-11-23-13-14)16(21)15-8-6-7-10-20(15)17(22)24-18(2,3)4/h14-15H,5-13H2,1-4H3/t14-,15-/m1/s1. The molecule has 0 aliphatic carbocycles. The van der Waals surface area contributed by atoms with E-state index in [0.717, 1.165) is 38.9 Å². The highest BCUT2D eigenvalue weighted by Gasteiger charge is 2.37. The fraction of sp³-hybridized carbons (Fsp3) is 0.889. The number of likely N-dealkylation sites (N-methyl/N-ethyl adjacent to an activating group) is 1. The van der Waals surface area contributed by atoms with Crippen LogP contribution in [0.25, 0.3) is 0 Å². The van der Waals surface area contributed by atoms with Crippen molar-refractivity contribution in [3.63, 3.8) is 0 Å². The van der Waals surface area contributed by atoms with Gasteiger partial charge in [0.25, 0.3) is 0 Å². The zero-order valence-corrected chi connectivity index (χ0v) is 15.5. The van der Waals surface area contributed by atoms with Crippen molar-refractivity contribution in [2.24, 2.45) is 5.92 Å². The number of hydrogen-bond acceptors (Lipinski definition) is 4. The molecule has 2 aliphatic heterocycles. The van der Waals surface area contributed by atoms with E-state index >= 15 is 0 Å². The van der Waals surface area contributed by atoms with Gasteiger partial charge in [0.1, 0.15) is 11.6 Å². The van der Waals surface area contributed by atoms with E-state index in [0.29, 0.717) is 25.6 Å². The summed E-state index contributed by atoms with van der Waals surface area (Å²) in [6.45, 7) is 11.0. The Bertz CT molecular complexity index is 441. The van der Waals surface area contributed by atoms with Crippen LogP contribution >= 0.6 is 0 Å². The molecule has 24 heavy (non-hydrogen) atoms. The second kappa shape index (κ2) is 8.19. The molecule has 0 spiro atoms. The summed E-state index contributed by atoms with van der Waals surface area (Å²) in [7, 11) is 0. The molecule has 0 unspecified atom stereocenters. The Morgan fingerprint density at radius 2 is 2.00 bits per heavy atom. The molecular formula is C18H32N2O4. The molecular weight excluding hydrogens is 308 g/mol. The second-order valence-corrected chi connectivity index (χ2v) is 7.79. The van der Waals surface area contributed by atoms with E-state index in [9.17, 15) is 9.59 Å². The predicted octanol–water partition coefficient (Wildman–Crippen LogP) is 2.66. The summed E-state index contributed by atoms with van der Waals surface area (Å²) in [4.78, 5) is 29.0. The van der Waals surface area contributed by atoms with Crippen LogP contribution in [0.1, 0.15) is 53.4 Å². The van der Waals surface area contributed by atoms with Crippen LogP contribution in [0.3, 0.4) is 0 Å². The largest absolute Gasteiger partial charge is 0.444 e. The Labute approximate surface area is 145 Å². The minimum atomic E-state index is -0.548. The van der Waals surface area contributed by atoms with Crippen molar-refractivity contribution in [2.45, 2.75) is 65.0 Å². The molecule has 0 bridgehead atoms. The SMILES string of the molecule is CCN(C[C@H]1CCOC1)C(=O)[C@H]1CCCCN1C(=O)OC(C)(C)C. The average molecular weight is 340 g/mol. The molecule has 0 N–H and O–H groups in total. The van der Waals surface area contributed by atoms with Gasteiger partial charge in [0, 0.05) is 32.2 Å². The van der Waals surface area contributed by atoms with Gasteiger partial charge in [-0.25, -0.2) is 4.79 Å². The summed E-state index contributed by atoms with van der Waals surface area (Å²) in [5.41, 5.74) is -0.548. The third-order valence-corrected chi connectivity index (χ3v) is 4.61. The van der Waals surface area contributed by atoms with Crippen molar-refractivity contribution in [3.8, 4) is 0 Å². The average Bonchev–Trinajstić information content (AvgIpc) is 3.03. The van der Waals surface area contributed by atoms with Crippen LogP contribution in [-0.2, 0) is 14.3 Å². The topological polar surface area (TPSA) is 59.1 Å². The lowest BCUT2D eigenvalue weighted by Crippen LogP contribution is -2.54. The van der Waals surface area contributed by atoms with Gasteiger partial charge in [-0.1, -0.05) is 0 Å². The van der Waals surface area contributed by atoms with Gasteiger partial charge in [-0.2, -0.15) is 0 Å². The van der Waals surface area contributed by atoms with Crippen LogP contribution in [-0.4, -0.2) is 66.3 Å². The number of nitrogens with zero attached hydrogens (tertiary/aromatic N) is 2. The van der Waals surface area contributed by atoms with Crippen molar-refractivity contribution in [1.82, 2.24) is 9.80 Å². The van der Waals surface area contributed by atoms with E-state index in [4.69, 9.17) is 9.47 Å². The molecule has 0 saturated carbocycles. The summed E-state index contributed by atoms with van der Waals surface area (Å²) >= 11 is 0. The smallest absolute Gasteiger partial charge is 0.410 e. The van der Waals surface area contributed by atoms with Gasteiger partial charge in [-0.3, -0.25) is 9.69 Å². The monoisotopic (exact) mass is 340 g/mol. The van der Waals surface area contributed by atoms with Crippen molar-refractivity contribution >= 4 is 12.0 Å². The van der Waals surface area contributed by atoms with E-state index in [1.54, 1.807) is 4.90 Å². The number of ether oxygens (including phenoxy) is 2. The first-order valence-corrected chi connectivity index (χ1v) is 9.18. The summed E-state index contributed by atoms with van der Waals surface area (Å²) in [5.74, 6) is 0.461. The molecule has 2 aliphatic rings. The third kappa shape index (κ3) is 5.10. The Hall–Kier alpha value is -1.30. The molecule has 6 heteroatoms. The van der Waals surface area contributed by atoms with Gasteiger partial charge in [0.05, 0.1) is 6.61 Å². The van der Waals surface area contributed by atoms with E-state index in [1.807, 2.05) is 32.6 Å². The van der Waals surface area contributed by atoms with Gasteiger partial charge in [0.2, 0.25) is 5.91 Å². The van der Waals surface area contributed by atoms with Gasteiger partial charge < -0.3 is 14.4 Å². The first-order chi connectivity index (χ1) is 11.3. The third-order valence-electron chi connectivity index (χ3n) is 4.61. The highest BCUT2D eigenvalue weighted by atomic mass is 16.6. The lowest BCUT2D eigenvalue weighted by atomic mass is 10.0. The maximum absolute atomic E-state index is 13.0. The van der Waals surface area contributed by atoms with Crippen molar-refractivity contribution < 1.29 is 19.1 Å². The maximum atomic E-state index is 13.0. The van der Waals surface area contributed by atoms with E-state index in [1.165, 1.54) is 0 Å². The lowest BCUT2D eigenvalue weighted by molar-refractivity contribution is -0.138. The first kappa shape index (κ1) is 19.0. The quantitative estimate of drug-likeness (QED) is 0.789. The molecule has 2 atom stereocenters. The highest BCUT2D eigenvalue weighted by Crippen LogP contribution is 2.23. The zero-order chi connectivity index (χ0) is 17.7. The summed E-state index contributed by atoms with van der Waals surface area (Å²) < 4.78 is 10.9. The molecule has 0 aromatic carbocycles. The number of hydrogen-bond donors (Lipinski definition) is 0. The summed E-state index contributed by atoms with van der Waals surface area (Å²) in [6, 6.07) is -0.393. The van der Waals surface area contributed by atoms with Gasteiger partial charge in [0.15, 0.2) is 0 Å². The molecule has 138 valence electrons. The van der Waals surface area contributed by atoms with Crippen molar-refractivity contribution in [3.05, 3.63) is 0 Å². The Balaban J connectivity index is 2.03. The Morgan fingerprint density at radius 3 is 2.58 bits per heavy atom. The number of likely N-dealkylation sites (tertiary alicyclic amines) is 1. The molecule has 2 fully saturated rings. The molecule has 0 aromatic rings. The molecule has 0 aromatic heterocycles. The fourth-order valence-corrected chi connectivity index (χ4v) is 3.35. The Morgan fingerprint density at radius 1 is 1.25 bits per heavy atom. The molecule has 2 heterocycles. The lowest BCUT2D eigenvalue weighted by Gasteiger charge is -2.38. The van der Waals surface area contributed by atoms with Crippen molar-refractivity contribution in [1.29, 1.82) is 0 Å². The van der Waals surface area contributed by atoms with Gasteiger partial charge in [-0.15, -0.1) is 0 Å². The second-order valence-electron chi connectivity index (χ2n) is 7.79. The summed E-state index contributed by atoms with van der Waals surface area (Å²) in [5, 5.41) is 0. The number of rotatable bonds is 4. The van der Waals surface area contributed by atoms with Crippen LogP contribution in [0.2, 0.25) is 0 Å². The van der Waals surface area contributed by atoms with Crippen LogP contribution < -0.4 is 0 Å². The molecule has 2 saturated heterocycles. The van der Waals surface area contributed by atoms with Crippen LogP contribution in [0.4, 0.5) is 4.79 Å². The molecule has 0 radical (unpaired) electrons. The number of amides is 2. The minimum Gasteiger partial charge on any atom is -0.444 e. The number of carbonyl (C=O) groups is 2. The van der Waals surface area contributed by atoms with Crippen LogP contribution in [0, 0.1) is 5.92 Å². The van der Waals surface area contributed by atoms with Gasteiger partial charge in [-0.05, 0) is 53.4 Å². The molecule has 2 amide bonds. The zero-order valence-electron chi connectivity index (χ0n) is 15.5. The van der Waals surface area contributed by atoms with Crippen LogP contribution in [0.5, 0.6) is 0 Å².